The fourth-order valence-electron chi connectivity index (χ4n) is 9.97. The lowest BCUT2D eigenvalue weighted by Crippen LogP contribution is -2.60. The van der Waals surface area contributed by atoms with E-state index in [0.29, 0.717) is 35.9 Å². The van der Waals surface area contributed by atoms with Crippen LogP contribution < -0.4 is 0 Å². The molecule has 10 atom stereocenters. The van der Waals surface area contributed by atoms with Crippen molar-refractivity contribution in [3.63, 3.8) is 0 Å². The van der Waals surface area contributed by atoms with Crippen LogP contribution in [0, 0.1) is 46.3 Å². The van der Waals surface area contributed by atoms with Crippen LogP contribution in [-0.4, -0.2) is 41.9 Å². The molecule has 6 heteroatoms. The van der Waals surface area contributed by atoms with Gasteiger partial charge in [0.05, 0.1) is 13.2 Å². The SMILES string of the molecule is COC(=O)CC[C@@H](C)[C@H]1CC[C@H]2[C@@H]3CC[C@@H]4C[C@@H](O[Si](C)(C)C)CC[C@]4(C)[C@H]3C[C@H](O[Si](C)(C)C)[C@]12C. The van der Waals surface area contributed by atoms with Crippen LogP contribution in [-0.2, 0) is 18.4 Å². The molecule has 0 heterocycles. The van der Waals surface area contributed by atoms with Gasteiger partial charge in [-0.25, -0.2) is 0 Å². The monoisotopic (exact) mass is 550 g/mol. The quantitative estimate of drug-likeness (QED) is 0.225. The number of rotatable bonds is 8. The average molecular weight is 551 g/mol. The molecule has 0 radical (unpaired) electrons. The van der Waals surface area contributed by atoms with Gasteiger partial charge in [-0.2, -0.15) is 0 Å². The van der Waals surface area contributed by atoms with Crippen molar-refractivity contribution in [2.75, 3.05) is 7.11 Å². The average Bonchev–Trinajstić information content (AvgIpc) is 3.14. The highest BCUT2D eigenvalue weighted by atomic mass is 28.4. The van der Waals surface area contributed by atoms with Crippen LogP contribution in [0.4, 0.5) is 0 Å². The van der Waals surface area contributed by atoms with E-state index in [1.165, 1.54) is 58.5 Å². The molecule has 4 fully saturated rings. The Morgan fingerprint density at radius 2 is 1.57 bits per heavy atom. The van der Waals surface area contributed by atoms with Gasteiger partial charge in [0.25, 0.3) is 0 Å². The highest BCUT2D eigenvalue weighted by Gasteiger charge is 2.64. The topological polar surface area (TPSA) is 44.8 Å². The summed E-state index contributed by atoms with van der Waals surface area (Å²) in [5, 5.41) is 0. The second kappa shape index (κ2) is 10.7. The maximum absolute atomic E-state index is 12.0. The summed E-state index contributed by atoms with van der Waals surface area (Å²) in [4.78, 5) is 12.0. The van der Waals surface area contributed by atoms with Gasteiger partial charge in [0.2, 0.25) is 0 Å². The third-order valence-electron chi connectivity index (χ3n) is 11.5. The van der Waals surface area contributed by atoms with Crippen LogP contribution in [0.5, 0.6) is 0 Å². The fourth-order valence-corrected chi connectivity index (χ4v) is 12.4. The molecule has 0 saturated heterocycles. The molecular formula is C31H58O4Si2. The lowest BCUT2D eigenvalue weighted by Gasteiger charge is -2.64. The number of methoxy groups -OCH3 is 1. The van der Waals surface area contributed by atoms with E-state index in [-0.39, 0.29) is 11.4 Å². The Hall–Kier alpha value is -0.176. The van der Waals surface area contributed by atoms with Gasteiger partial charge in [-0.1, -0.05) is 20.8 Å². The minimum Gasteiger partial charge on any atom is -0.469 e. The molecule has 0 N–H and O–H groups in total. The van der Waals surface area contributed by atoms with Gasteiger partial charge < -0.3 is 13.6 Å². The van der Waals surface area contributed by atoms with Crippen LogP contribution in [0.3, 0.4) is 0 Å². The van der Waals surface area contributed by atoms with Crippen molar-refractivity contribution in [2.45, 2.75) is 136 Å². The van der Waals surface area contributed by atoms with Crippen LogP contribution >= 0.6 is 0 Å². The molecule has 214 valence electrons. The Bertz CT molecular complexity index is 819. The largest absolute Gasteiger partial charge is 0.469 e. The highest BCUT2D eigenvalue weighted by Crippen LogP contribution is 2.69. The summed E-state index contributed by atoms with van der Waals surface area (Å²) < 4.78 is 18.9. The number of fused-ring (bicyclic) bond motifs is 5. The summed E-state index contributed by atoms with van der Waals surface area (Å²) in [5.41, 5.74) is 0.650. The number of carbonyl (C=O) groups excluding carboxylic acids is 1. The highest BCUT2D eigenvalue weighted by molar-refractivity contribution is 6.70. The normalized spacial score (nSPS) is 42.9. The minimum atomic E-state index is -1.71. The zero-order chi connectivity index (χ0) is 27.4. The van der Waals surface area contributed by atoms with Crippen molar-refractivity contribution in [1.82, 2.24) is 0 Å². The Kier molecular flexibility index (Phi) is 8.59. The van der Waals surface area contributed by atoms with Crippen molar-refractivity contribution < 1.29 is 18.4 Å². The third-order valence-corrected chi connectivity index (χ3v) is 13.5. The first kappa shape index (κ1) is 29.8. The second-order valence-electron chi connectivity index (χ2n) is 15.9. The zero-order valence-corrected chi connectivity index (χ0v) is 27.8. The smallest absolute Gasteiger partial charge is 0.305 e. The number of hydrogen-bond acceptors (Lipinski definition) is 4. The van der Waals surface area contributed by atoms with Crippen molar-refractivity contribution in [3.05, 3.63) is 0 Å². The Morgan fingerprint density at radius 1 is 0.892 bits per heavy atom. The molecule has 0 aromatic carbocycles. The van der Waals surface area contributed by atoms with Crippen LogP contribution in [0.1, 0.15) is 85.0 Å². The van der Waals surface area contributed by atoms with E-state index in [4.69, 9.17) is 13.6 Å². The van der Waals surface area contributed by atoms with Gasteiger partial charge in [0, 0.05) is 12.5 Å². The number of carbonyl (C=O) groups is 1. The Labute approximate surface area is 230 Å². The number of esters is 1. The van der Waals surface area contributed by atoms with Crippen LogP contribution in [0.15, 0.2) is 0 Å². The molecule has 4 aliphatic rings. The van der Waals surface area contributed by atoms with Gasteiger partial charge >= 0.3 is 5.97 Å². The summed E-state index contributed by atoms with van der Waals surface area (Å²) >= 11 is 0. The lowest BCUT2D eigenvalue weighted by molar-refractivity contribution is -0.169. The lowest BCUT2D eigenvalue weighted by atomic mass is 9.43. The Morgan fingerprint density at radius 3 is 2.19 bits per heavy atom. The van der Waals surface area contributed by atoms with Crippen molar-refractivity contribution in [2.24, 2.45) is 46.3 Å². The van der Waals surface area contributed by atoms with E-state index in [1.54, 1.807) is 0 Å². The molecule has 0 amide bonds. The predicted molar refractivity (Wildman–Crippen MR) is 157 cm³/mol. The fraction of sp³-hybridized carbons (Fsp3) is 0.968. The van der Waals surface area contributed by atoms with Gasteiger partial charge in [-0.15, -0.1) is 0 Å². The summed E-state index contributed by atoms with van der Waals surface area (Å²) in [6.07, 6.45) is 12.8. The van der Waals surface area contributed by atoms with Crippen molar-refractivity contribution in [1.29, 1.82) is 0 Å². The third kappa shape index (κ3) is 5.97. The molecule has 0 spiro atoms. The van der Waals surface area contributed by atoms with Gasteiger partial charge in [-0.05, 0) is 143 Å². The van der Waals surface area contributed by atoms with E-state index in [0.717, 1.165) is 30.1 Å². The van der Waals surface area contributed by atoms with E-state index in [2.05, 4.69) is 60.1 Å². The maximum atomic E-state index is 12.0. The molecule has 4 saturated carbocycles. The molecule has 4 aliphatic carbocycles. The van der Waals surface area contributed by atoms with Crippen LogP contribution in [0.25, 0.3) is 0 Å². The van der Waals surface area contributed by atoms with Crippen molar-refractivity contribution >= 4 is 22.6 Å². The van der Waals surface area contributed by atoms with Gasteiger partial charge in [-0.3, -0.25) is 4.79 Å². The molecule has 0 bridgehead atoms. The van der Waals surface area contributed by atoms with E-state index in [9.17, 15) is 4.79 Å². The van der Waals surface area contributed by atoms with E-state index in [1.807, 2.05) is 0 Å². The summed E-state index contributed by atoms with van der Waals surface area (Å²) in [6, 6.07) is 0. The first-order chi connectivity index (χ1) is 17.1. The van der Waals surface area contributed by atoms with Crippen LogP contribution in [0.2, 0.25) is 39.3 Å². The molecular weight excluding hydrogens is 493 g/mol. The first-order valence-electron chi connectivity index (χ1n) is 15.5. The first-order valence-corrected chi connectivity index (χ1v) is 22.3. The summed E-state index contributed by atoms with van der Waals surface area (Å²) in [7, 11) is -1.70. The number of hydrogen-bond donors (Lipinski definition) is 0. The molecule has 0 aromatic rings. The molecule has 0 unspecified atom stereocenters. The molecule has 0 aromatic heterocycles. The second-order valence-corrected chi connectivity index (χ2v) is 24.8. The standard InChI is InChI=1S/C31H58O4Si2/c1-21(11-16-29(32)33-4)25-14-15-26-24-13-12-22-19-23(34-36(5,6)7)17-18-30(22,2)27(24)20-28(31(25,26)3)35-37(8,9)10/h21-28H,11-20H2,1-10H3/t21-,22-,23+,24+,25-,26+,27+,28+,30+,31-/m1/s1. The van der Waals surface area contributed by atoms with E-state index >= 15 is 0 Å². The summed E-state index contributed by atoms with van der Waals surface area (Å²) in [5.74, 6) is 4.27. The number of ether oxygens (including phenoxy) is 1. The maximum Gasteiger partial charge on any atom is 0.305 e. The summed E-state index contributed by atoms with van der Waals surface area (Å²) in [6.45, 7) is 21.9. The molecule has 4 nitrogen and oxygen atoms in total. The molecule has 37 heavy (non-hydrogen) atoms. The van der Waals surface area contributed by atoms with Gasteiger partial charge in [0.15, 0.2) is 16.6 Å². The van der Waals surface area contributed by atoms with Gasteiger partial charge in [0.1, 0.15) is 0 Å². The predicted octanol–water partition coefficient (Wildman–Crippen LogP) is 8.28. The van der Waals surface area contributed by atoms with Crippen molar-refractivity contribution in [3.8, 4) is 0 Å². The molecule has 0 aliphatic heterocycles. The minimum absolute atomic E-state index is 0.0647. The zero-order valence-electron chi connectivity index (χ0n) is 25.8. The van der Waals surface area contributed by atoms with E-state index < -0.39 is 16.6 Å². The molecule has 4 rings (SSSR count). The Balaban J connectivity index is 1.59.